The molecule has 1 rings (SSSR count). The SMILES string of the molecule is CCCCCCCCCCCCCCOC[C@H](COP(=O)(O)OC1C(O)C(O)C(O)[C@@H](O)C1O)OC(=O)CCCCCCCCCCCCC. The van der Waals surface area contributed by atoms with Crippen molar-refractivity contribution in [1.82, 2.24) is 0 Å². The lowest BCUT2D eigenvalue weighted by atomic mass is 9.85. The number of aliphatic hydroxyl groups excluding tert-OH is 5. The molecule has 0 radical (unpaired) electrons. The van der Waals surface area contributed by atoms with Crippen molar-refractivity contribution in [3.63, 3.8) is 0 Å². The highest BCUT2D eigenvalue weighted by Gasteiger charge is 2.51. The van der Waals surface area contributed by atoms with Crippen LogP contribution in [0.15, 0.2) is 0 Å². The Morgan fingerprint density at radius 2 is 0.940 bits per heavy atom. The first-order valence-corrected chi connectivity index (χ1v) is 21.4. The van der Waals surface area contributed by atoms with Gasteiger partial charge in [0.2, 0.25) is 0 Å². The van der Waals surface area contributed by atoms with Gasteiger partial charge < -0.3 is 39.9 Å². The molecular formula is C37H73O12P. The van der Waals surface area contributed by atoms with E-state index >= 15 is 0 Å². The maximum Gasteiger partial charge on any atom is 0.472 e. The molecule has 0 spiro atoms. The second kappa shape index (κ2) is 29.8. The standard InChI is InChI=1S/C37H73O12P/c1-3-5-7-9-11-13-15-17-19-21-23-25-27-46-28-30(48-31(38)26-24-22-20-18-16-14-12-10-8-6-4-2)29-47-50(44,45)49-37-35(42)33(40)32(39)34(41)36(37)43/h30,32-37,39-43H,3-29H2,1-2H3,(H,44,45)/t30-,32?,33-,34?,35?,36?,37?/m1/s1. The summed E-state index contributed by atoms with van der Waals surface area (Å²) in [6, 6.07) is 0. The number of unbranched alkanes of at least 4 members (excludes halogenated alkanes) is 21. The molecular weight excluding hydrogens is 667 g/mol. The van der Waals surface area contributed by atoms with E-state index in [1.807, 2.05) is 0 Å². The van der Waals surface area contributed by atoms with Gasteiger partial charge in [-0.3, -0.25) is 13.8 Å². The third-order valence-corrected chi connectivity index (χ3v) is 10.5. The average Bonchev–Trinajstić information content (AvgIpc) is 3.09. The van der Waals surface area contributed by atoms with Crippen molar-refractivity contribution in [2.45, 2.75) is 211 Å². The van der Waals surface area contributed by atoms with Crippen LogP contribution >= 0.6 is 7.82 Å². The number of hydrogen-bond donors (Lipinski definition) is 6. The van der Waals surface area contributed by atoms with E-state index in [0.717, 1.165) is 38.5 Å². The maximum absolute atomic E-state index is 12.7. The van der Waals surface area contributed by atoms with Crippen LogP contribution in [0.2, 0.25) is 0 Å². The molecule has 8 atom stereocenters. The Bertz CT molecular complexity index is 848. The fourth-order valence-electron chi connectivity index (χ4n) is 6.24. The Hall–Kier alpha value is -0.660. The fourth-order valence-corrected chi connectivity index (χ4v) is 7.21. The molecule has 0 aliphatic heterocycles. The maximum atomic E-state index is 12.7. The van der Waals surface area contributed by atoms with Crippen molar-refractivity contribution in [3.8, 4) is 0 Å². The van der Waals surface area contributed by atoms with Crippen LogP contribution in [0.1, 0.15) is 168 Å². The van der Waals surface area contributed by atoms with Gasteiger partial charge in [-0.05, 0) is 12.8 Å². The van der Waals surface area contributed by atoms with Crippen LogP contribution < -0.4 is 0 Å². The van der Waals surface area contributed by atoms with E-state index < -0.39 is 63.1 Å². The quantitative estimate of drug-likeness (QED) is 0.0239. The van der Waals surface area contributed by atoms with Gasteiger partial charge in [0.05, 0.1) is 13.2 Å². The Kier molecular flexibility index (Phi) is 28.2. The monoisotopic (exact) mass is 740 g/mol. The van der Waals surface area contributed by atoms with Crippen molar-refractivity contribution in [3.05, 3.63) is 0 Å². The number of hydrogen-bond acceptors (Lipinski definition) is 11. The van der Waals surface area contributed by atoms with E-state index in [1.54, 1.807) is 0 Å². The number of ether oxygens (including phenoxy) is 2. The number of carbonyl (C=O) groups is 1. The van der Waals surface area contributed by atoms with E-state index in [0.29, 0.717) is 13.0 Å². The second-order valence-electron chi connectivity index (χ2n) is 14.1. The van der Waals surface area contributed by atoms with Gasteiger partial charge >= 0.3 is 13.8 Å². The molecule has 0 aromatic heterocycles. The van der Waals surface area contributed by atoms with Crippen LogP contribution in [-0.2, 0) is 27.9 Å². The van der Waals surface area contributed by atoms with Crippen LogP contribution in [0.5, 0.6) is 0 Å². The fraction of sp³-hybridized carbons (Fsp3) is 0.973. The summed E-state index contributed by atoms with van der Waals surface area (Å²) in [6.45, 7) is 4.24. The molecule has 1 fully saturated rings. The molecule has 1 aliphatic carbocycles. The molecule has 1 saturated carbocycles. The van der Waals surface area contributed by atoms with Gasteiger partial charge in [0.15, 0.2) is 0 Å². The third-order valence-electron chi connectivity index (χ3n) is 9.48. The molecule has 0 aromatic rings. The highest BCUT2D eigenvalue weighted by molar-refractivity contribution is 7.47. The van der Waals surface area contributed by atoms with E-state index in [4.69, 9.17) is 18.5 Å². The van der Waals surface area contributed by atoms with E-state index in [2.05, 4.69) is 13.8 Å². The molecule has 0 saturated heterocycles. The van der Waals surface area contributed by atoms with Gasteiger partial charge in [-0.1, -0.05) is 149 Å². The number of phosphoric ester groups is 1. The van der Waals surface area contributed by atoms with Crippen molar-refractivity contribution in [2.24, 2.45) is 0 Å². The van der Waals surface area contributed by atoms with Gasteiger partial charge in [-0.2, -0.15) is 0 Å². The molecule has 0 heterocycles. The number of phosphoric acid groups is 1. The highest BCUT2D eigenvalue weighted by Crippen LogP contribution is 2.47. The van der Waals surface area contributed by atoms with Crippen molar-refractivity contribution < 1.29 is 58.3 Å². The normalized spacial score (nSPS) is 24.2. The zero-order valence-electron chi connectivity index (χ0n) is 31.2. The minimum absolute atomic E-state index is 0.0691. The first-order chi connectivity index (χ1) is 24.0. The third kappa shape index (κ3) is 22.4. The van der Waals surface area contributed by atoms with Crippen molar-refractivity contribution in [2.75, 3.05) is 19.8 Å². The summed E-state index contributed by atoms with van der Waals surface area (Å²) in [5.74, 6) is -0.476. The van der Waals surface area contributed by atoms with Crippen LogP contribution in [0.3, 0.4) is 0 Å². The van der Waals surface area contributed by atoms with Gasteiger partial charge in [-0.15, -0.1) is 0 Å². The summed E-state index contributed by atoms with van der Waals surface area (Å²) >= 11 is 0. The van der Waals surface area contributed by atoms with Crippen LogP contribution in [0.25, 0.3) is 0 Å². The molecule has 6 unspecified atom stereocenters. The first kappa shape index (κ1) is 47.4. The minimum atomic E-state index is -5.00. The molecule has 0 amide bonds. The van der Waals surface area contributed by atoms with Crippen molar-refractivity contribution >= 4 is 13.8 Å². The Morgan fingerprint density at radius 3 is 1.38 bits per heavy atom. The average molecular weight is 741 g/mol. The second-order valence-corrected chi connectivity index (χ2v) is 15.6. The molecule has 1 aliphatic rings. The zero-order valence-corrected chi connectivity index (χ0v) is 32.1. The number of esters is 1. The largest absolute Gasteiger partial charge is 0.472 e. The summed E-state index contributed by atoms with van der Waals surface area (Å²) in [4.78, 5) is 23.0. The predicted molar refractivity (Wildman–Crippen MR) is 194 cm³/mol. The van der Waals surface area contributed by atoms with Gasteiger partial charge in [-0.25, -0.2) is 4.57 Å². The highest BCUT2D eigenvalue weighted by atomic mass is 31.2. The van der Waals surface area contributed by atoms with E-state index in [1.165, 1.54) is 103 Å². The molecule has 0 bridgehead atoms. The summed E-state index contributed by atoms with van der Waals surface area (Å²) < 4.78 is 34.0. The van der Waals surface area contributed by atoms with E-state index in [-0.39, 0.29) is 13.0 Å². The number of carbonyl (C=O) groups excluding carboxylic acids is 1. The summed E-state index contributed by atoms with van der Waals surface area (Å²) in [5.41, 5.74) is 0. The zero-order chi connectivity index (χ0) is 37.0. The molecule has 13 heteroatoms. The molecule has 12 nitrogen and oxygen atoms in total. The summed E-state index contributed by atoms with van der Waals surface area (Å²) in [6.07, 6.45) is 14.7. The number of aliphatic hydroxyl groups is 5. The van der Waals surface area contributed by atoms with Gasteiger partial charge in [0.25, 0.3) is 0 Å². The van der Waals surface area contributed by atoms with Crippen LogP contribution in [0.4, 0.5) is 0 Å². The molecule has 50 heavy (non-hydrogen) atoms. The Balaban J connectivity index is 2.46. The van der Waals surface area contributed by atoms with Crippen LogP contribution in [-0.4, -0.2) is 98.9 Å². The first-order valence-electron chi connectivity index (χ1n) is 19.9. The lowest BCUT2D eigenvalue weighted by molar-refractivity contribution is -0.220. The Labute approximate surface area is 302 Å². The Morgan fingerprint density at radius 1 is 0.560 bits per heavy atom. The lowest BCUT2D eigenvalue weighted by Crippen LogP contribution is -2.64. The topological polar surface area (TPSA) is 192 Å². The minimum Gasteiger partial charge on any atom is -0.457 e. The van der Waals surface area contributed by atoms with Gasteiger partial charge in [0.1, 0.15) is 42.7 Å². The van der Waals surface area contributed by atoms with Crippen molar-refractivity contribution in [1.29, 1.82) is 0 Å². The van der Waals surface area contributed by atoms with Gasteiger partial charge in [0, 0.05) is 13.0 Å². The predicted octanol–water partition coefficient (Wildman–Crippen LogP) is 6.64. The number of rotatable bonds is 33. The molecule has 0 aromatic carbocycles. The molecule has 6 N–H and O–H groups in total. The lowest BCUT2D eigenvalue weighted by Gasteiger charge is -2.41. The summed E-state index contributed by atoms with van der Waals surface area (Å²) in [7, 11) is -5.00. The smallest absolute Gasteiger partial charge is 0.457 e. The molecule has 298 valence electrons. The van der Waals surface area contributed by atoms with Crippen LogP contribution in [0, 0.1) is 0 Å². The summed E-state index contributed by atoms with van der Waals surface area (Å²) in [5, 5.41) is 49.9. The van der Waals surface area contributed by atoms with E-state index in [9.17, 15) is 39.8 Å².